The van der Waals surface area contributed by atoms with Gasteiger partial charge in [-0.2, -0.15) is 0 Å². The molecule has 0 aliphatic carbocycles. The monoisotopic (exact) mass is 359 g/mol. The average Bonchev–Trinajstić information content (AvgIpc) is 2.81. The summed E-state index contributed by atoms with van der Waals surface area (Å²) in [6.45, 7) is 13.4. The van der Waals surface area contributed by atoms with E-state index in [4.69, 9.17) is 9.15 Å². The van der Waals surface area contributed by atoms with E-state index in [9.17, 15) is 9.90 Å². The van der Waals surface area contributed by atoms with E-state index in [0.29, 0.717) is 16.9 Å². The zero-order valence-electron chi connectivity index (χ0n) is 15.5. The molecule has 0 spiro atoms. The molecule has 0 radical (unpaired) electrons. The number of ether oxygens (including phenoxy) is 1. The van der Waals surface area contributed by atoms with Crippen LogP contribution in [-0.2, 0) is 4.74 Å². The minimum atomic E-state index is -1.09. The van der Waals surface area contributed by atoms with Gasteiger partial charge in [0.15, 0.2) is 6.10 Å². The molecule has 0 aliphatic rings. The van der Waals surface area contributed by atoms with E-state index in [2.05, 4.69) is 15.5 Å². The summed E-state index contributed by atoms with van der Waals surface area (Å²) >= 11 is 1.42. The van der Waals surface area contributed by atoms with Crippen molar-refractivity contribution in [2.75, 3.05) is 0 Å². The van der Waals surface area contributed by atoms with Gasteiger partial charge in [0.05, 0.1) is 6.04 Å². The Morgan fingerprint density at radius 3 is 2.42 bits per heavy atom. The number of alkyl carbamates (subject to hydrolysis) is 1. The molecule has 1 amide bonds. The van der Waals surface area contributed by atoms with Gasteiger partial charge < -0.3 is 19.6 Å². The lowest BCUT2D eigenvalue weighted by atomic mass is 9.99. The summed E-state index contributed by atoms with van der Waals surface area (Å²) in [5.74, 6) is 0.354. The molecule has 1 aromatic heterocycles. The maximum absolute atomic E-state index is 12.0. The Balaban J connectivity index is 2.82. The third-order valence-corrected chi connectivity index (χ3v) is 3.66. The van der Waals surface area contributed by atoms with Crippen LogP contribution in [0, 0.1) is 5.92 Å². The number of aromatic nitrogens is 2. The first-order chi connectivity index (χ1) is 11.0. The number of thioether (sulfide) groups is 1. The molecule has 0 saturated heterocycles. The second-order valence-electron chi connectivity index (χ2n) is 7.40. The van der Waals surface area contributed by atoms with Crippen LogP contribution in [0.2, 0.25) is 0 Å². The number of carbonyl (C=O) groups is 1. The first-order valence-corrected chi connectivity index (χ1v) is 9.03. The number of aliphatic hydroxyl groups excluding tert-OH is 1. The molecule has 138 valence electrons. The molecule has 2 atom stereocenters. The van der Waals surface area contributed by atoms with E-state index in [-0.39, 0.29) is 11.8 Å². The molecule has 1 heterocycles. The third-order valence-electron chi connectivity index (χ3n) is 2.82. The lowest BCUT2D eigenvalue weighted by molar-refractivity contribution is 0.0359. The highest BCUT2D eigenvalue weighted by Gasteiger charge is 2.30. The van der Waals surface area contributed by atoms with Crippen LogP contribution in [0.25, 0.3) is 0 Å². The Labute approximate surface area is 147 Å². The van der Waals surface area contributed by atoms with E-state index in [0.717, 1.165) is 0 Å². The fourth-order valence-electron chi connectivity index (χ4n) is 1.99. The van der Waals surface area contributed by atoms with Gasteiger partial charge in [0.1, 0.15) is 5.60 Å². The largest absolute Gasteiger partial charge is 0.444 e. The van der Waals surface area contributed by atoms with Crippen molar-refractivity contribution in [2.45, 2.75) is 83.1 Å². The topological polar surface area (TPSA) is 97.5 Å². The van der Waals surface area contributed by atoms with Gasteiger partial charge in [-0.05, 0) is 33.1 Å². The van der Waals surface area contributed by atoms with Crippen molar-refractivity contribution >= 4 is 17.9 Å². The van der Waals surface area contributed by atoms with Crippen molar-refractivity contribution < 1.29 is 19.1 Å². The van der Waals surface area contributed by atoms with Crippen LogP contribution in [0.15, 0.2) is 9.64 Å². The summed E-state index contributed by atoms with van der Waals surface area (Å²) in [4.78, 5) is 12.0. The number of hydrogen-bond acceptors (Lipinski definition) is 7. The summed E-state index contributed by atoms with van der Waals surface area (Å²) in [6, 6.07) is -0.572. The SMILES string of the molecule is CC(C)C[C@H](NC(=O)OC(C)(C)C)C(O)c1nnc(SC(C)C)o1. The van der Waals surface area contributed by atoms with Gasteiger partial charge in [-0.15, -0.1) is 10.2 Å². The lowest BCUT2D eigenvalue weighted by Crippen LogP contribution is -2.43. The molecule has 0 fully saturated rings. The van der Waals surface area contributed by atoms with Crippen molar-refractivity contribution in [2.24, 2.45) is 5.92 Å². The Morgan fingerprint density at radius 2 is 1.92 bits per heavy atom. The minimum Gasteiger partial charge on any atom is -0.444 e. The zero-order chi connectivity index (χ0) is 18.5. The summed E-state index contributed by atoms with van der Waals surface area (Å²) in [6.07, 6.45) is -1.12. The predicted molar refractivity (Wildman–Crippen MR) is 92.9 cm³/mol. The average molecular weight is 359 g/mol. The fourth-order valence-corrected chi connectivity index (χ4v) is 2.62. The van der Waals surface area contributed by atoms with Gasteiger partial charge >= 0.3 is 6.09 Å². The second-order valence-corrected chi connectivity index (χ2v) is 8.93. The molecule has 8 heteroatoms. The van der Waals surface area contributed by atoms with Gasteiger partial charge in [0, 0.05) is 5.25 Å². The van der Waals surface area contributed by atoms with E-state index in [1.54, 1.807) is 20.8 Å². The number of rotatable bonds is 7. The number of carbonyl (C=O) groups excluding carboxylic acids is 1. The van der Waals surface area contributed by atoms with Gasteiger partial charge in [-0.3, -0.25) is 0 Å². The van der Waals surface area contributed by atoms with Crippen LogP contribution in [0.1, 0.15) is 66.9 Å². The molecule has 2 N–H and O–H groups in total. The predicted octanol–water partition coefficient (Wildman–Crippen LogP) is 3.54. The van der Waals surface area contributed by atoms with Crippen molar-refractivity contribution in [3.05, 3.63) is 5.89 Å². The molecule has 0 aromatic carbocycles. The molecular formula is C16H29N3O4S. The van der Waals surface area contributed by atoms with Gasteiger partial charge in [-0.1, -0.05) is 39.5 Å². The van der Waals surface area contributed by atoms with E-state index >= 15 is 0 Å². The van der Waals surface area contributed by atoms with Crippen LogP contribution in [-0.4, -0.2) is 38.3 Å². The third kappa shape index (κ3) is 7.53. The standard InChI is InChI=1S/C16H29N3O4S/c1-9(2)8-11(17-14(21)23-16(5,6)7)12(20)13-18-19-15(22-13)24-10(3)4/h9-12,20H,8H2,1-7H3,(H,17,21)/t11-,12?/m0/s1. The molecule has 1 aromatic rings. The van der Waals surface area contributed by atoms with Crippen LogP contribution in [0.5, 0.6) is 0 Å². The maximum atomic E-state index is 12.0. The summed E-state index contributed by atoms with van der Waals surface area (Å²) in [5, 5.41) is 21.8. The number of nitrogens with one attached hydrogen (secondary N) is 1. The number of hydrogen-bond donors (Lipinski definition) is 2. The molecular weight excluding hydrogens is 330 g/mol. The van der Waals surface area contributed by atoms with E-state index in [1.807, 2.05) is 27.7 Å². The fraction of sp³-hybridized carbons (Fsp3) is 0.812. The normalized spacial score (nSPS) is 14.8. The highest BCUT2D eigenvalue weighted by atomic mass is 32.2. The zero-order valence-corrected chi connectivity index (χ0v) is 16.3. The summed E-state index contributed by atoms with van der Waals surface area (Å²) < 4.78 is 10.8. The number of nitrogens with zero attached hydrogens (tertiary/aromatic N) is 2. The van der Waals surface area contributed by atoms with Crippen LogP contribution in [0.3, 0.4) is 0 Å². The van der Waals surface area contributed by atoms with Crippen molar-refractivity contribution in [3.63, 3.8) is 0 Å². The smallest absolute Gasteiger partial charge is 0.407 e. The highest BCUT2D eigenvalue weighted by Crippen LogP contribution is 2.26. The van der Waals surface area contributed by atoms with Gasteiger partial charge in [0.2, 0.25) is 5.89 Å². The van der Waals surface area contributed by atoms with Crippen LogP contribution < -0.4 is 5.32 Å². The molecule has 7 nitrogen and oxygen atoms in total. The molecule has 1 unspecified atom stereocenters. The Morgan fingerprint density at radius 1 is 1.29 bits per heavy atom. The molecule has 0 aliphatic heterocycles. The molecule has 0 bridgehead atoms. The summed E-state index contributed by atoms with van der Waals surface area (Å²) in [7, 11) is 0. The van der Waals surface area contributed by atoms with Gasteiger partial charge in [-0.25, -0.2) is 4.79 Å². The van der Waals surface area contributed by atoms with Gasteiger partial charge in [0.25, 0.3) is 5.22 Å². The number of amides is 1. The highest BCUT2D eigenvalue weighted by molar-refractivity contribution is 7.99. The Bertz CT molecular complexity index is 526. The molecule has 1 rings (SSSR count). The Hall–Kier alpha value is -1.28. The quantitative estimate of drug-likeness (QED) is 0.719. The first kappa shape index (κ1) is 20.8. The first-order valence-electron chi connectivity index (χ1n) is 8.15. The lowest BCUT2D eigenvalue weighted by Gasteiger charge is -2.26. The second kappa shape index (κ2) is 8.71. The minimum absolute atomic E-state index is 0.0971. The molecule has 0 saturated carbocycles. The van der Waals surface area contributed by atoms with E-state index < -0.39 is 23.8 Å². The summed E-state index contributed by atoms with van der Waals surface area (Å²) in [5.41, 5.74) is -0.608. The molecule has 24 heavy (non-hydrogen) atoms. The van der Waals surface area contributed by atoms with Crippen LogP contribution >= 0.6 is 11.8 Å². The van der Waals surface area contributed by atoms with Crippen molar-refractivity contribution in [3.8, 4) is 0 Å². The van der Waals surface area contributed by atoms with Crippen LogP contribution in [0.4, 0.5) is 4.79 Å². The van der Waals surface area contributed by atoms with Crippen molar-refractivity contribution in [1.82, 2.24) is 15.5 Å². The van der Waals surface area contributed by atoms with Crippen molar-refractivity contribution in [1.29, 1.82) is 0 Å². The Kier molecular flexibility index (Phi) is 7.54. The maximum Gasteiger partial charge on any atom is 0.407 e. The van der Waals surface area contributed by atoms with E-state index in [1.165, 1.54) is 11.8 Å². The number of aliphatic hydroxyl groups is 1.